The number of benzene rings is 1. The Morgan fingerprint density at radius 1 is 1.25 bits per heavy atom. The zero-order valence-electron chi connectivity index (χ0n) is 7.49. The first-order valence-corrected chi connectivity index (χ1v) is 3.87. The van der Waals surface area contributed by atoms with Crippen molar-refractivity contribution in [1.82, 2.24) is 0 Å². The molecule has 0 atom stereocenters. The molecular formula is C10H12F2. The third-order valence-electron chi connectivity index (χ3n) is 1.76. The summed E-state index contributed by atoms with van der Waals surface area (Å²) in [5, 5.41) is 0. The van der Waals surface area contributed by atoms with Crippen molar-refractivity contribution in [2.75, 3.05) is 0 Å². The number of rotatable bonds is 1. The first-order valence-electron chi connectivity index (χ1n) is 3.87. The van der Waals surface area contributed by atoms with E-state index in [1.807, 2.05) is 6.92 Å². The van der Waals surface area contributed by atoms with E-state index in [9.17, 15) is 8.78 Å². The predicted molar refractivity (Wildman–Crippen MR) is 45.3 cm³/mol. The summed E-state index contributed by atoms with van der Waals surface area (Å²) >= 11 is 0. The Morgan fingerprint density at radius 2 is 1.83 bits per heavy atom. The van der Waals surface area contributed by atoms with Crippen LogP contribution in [0.2, 0.25) is 0 Å². The van der Waals surface area contributed by atoms with Gasteiger partial charge in [0, 0.05) is 5.56 Å². The van der Waals surface area contributed by atoms with Crippen LogP contribution in [0.5, 0.6) is 0 Å². The summed E-state index contributed by atoms with van der Waals surface area (Å²) in [6, 6.07) is 4.46. The SMILES string of the molecule is Cc1ccc(F)c(C(C)(C)F)c1. The van der Waals surface area contributed by atoms with Crippen molar-refractivity contribution in [3.63, 3.8) is 0 Å². The summed E-state index contributed by atoms with van der Waals surface area (Å²) in [4.78, 5) is 0. The molecule has 0 radical (unpaired) electrons. The normalized spacial score (nSPS) is 11.8. The Labute approximate surface area is 71.2 Å². The molecule has 0 fully saturated rings. The summed E-state index contributed by atoms with van der Waals surface area (Å²) in [6.07, 6.45) is 0. The number of alkyl halides is 1. The van der Waals surface area contributed by atoms with Crippen LogP contribution >= 0.6 is 0 Å². The lowest BCUT2D eigenvalue weighted by Crippen LogP contribution is -2.11. The molecular weight excluding hydrogens is 158 g/mol. The zero-order chi connectivity index (χ0) is 9.35. The van der Waals surface area contributed by atoms with Gasteiger partial charge in [0.1, 0.15) is 11.5 Å². The number of halogens is 2. The van der Waals surface area contributed by atoms with Gasteiger partial charge in [-0.2, -0.15) is 0 Å². The maximum atomic E-state index is 13.3. The van der Waals surface area contributed by atoms with Gasteiger partial charge in [0.25, 0.3) is 0 Å². The molecule has 0 unspecified atom stereocenters. The summed E-state index contributed by atoms with van der Waals surface area (Å²) in [5.74, 6) is -0.479. The molecule has 0 amide bonds. The van der Waals surface area contributed by atoms with E-state index in [4.69, 9.17) is 0 Å². The van der Waals surface area contributed by atoms with Crippen LogP contribution in [0.25, 0.3) is 0 Å². The van der Waals surface area contributed by atoms with Gasteiger partial charge in [-0.25, -0.2) is 8.78 Å². The maximum absolute atomic E-state index is 13.3. The first kappa shape index (κ1) is 9.17. The van der Waals surface area contributed by atoms with Crippen LogP contribution in [-0.2, 0) is 5.67 Å². The Morgan fingerprint density at radius 3 is 2.25 bits per heavy atom. The van der Waals surface area contributed by atoms with Crippen LogP contribution in [0.15, 0.2) is 18.2 Å². The van der Waals surface area contributed by atoms with Gasteiger partial charge >= 0.3 is 0 Å². The van der Waals surface area contributed by atoms with E-state index >= 15 is 0 Å². The molecule has 0 N–H and O–H groups in total. The molecule has 0 saturated heterocycles. The van der Waals surface area contributed by atoms with E-state index < -0.39 is 11.5 Å². The van der Waals surface area contributed by atoms with E-state index in [0.29, 0.717) is 0 Å². The third-order valence-corrected chi connectivity index (χ3v) is 1.76. The molecule has 0 aromatic heterocycles. The maximum Gasteiger partial charge on any atom is 0.133 e. The summed E-state index contributed by atoms with van der Waals surface area (Å²) in [5.41, 5.74) is -0.601. The molecule has 1 aromatic carbocycles. The van der Waals surface area contributed by atoms with Gasteiger partial charge in [0.05, 0.1) is 0 Å². The molecule has 0 heterocycles. The second kappa shape index (κ2) is 2.85. The summed E-state index contributed by atoms with van der Waals surface area (Å²) in [7, 11) is 0. The van der Waals surface area contributed by atoms with Crippen LogP contribution in [0.4, 0.5) is 8.78 Å². The van der Waals surface area contributed by atoms with E-state index in [2.05, 4.69) is 0 Å². The van der Waals surface area contributed by atoms with Crippen molar-refractivity contribution < 1.29 is 8.78 Å². The van der Waals surface area contributed by atoms with Gasteiger partial charge in [-0.1, -0.05) is 11.6 Å². The molecule has 1 rings (SSSR count). The van der Waals surface area contributed by atoms with Crippen molar-refractivity contribution in [2.45, 2.75) is 26.4 Å². The van der Waals surface area contributed by atoms with E-state index in [1.54, 1.807) is 6.07 Å². The monoisotopic (exact) mass is 170 g/mol. The Kier molecular flexibility index (Phi) is 2.18. The predicted octanol–water partition coefficient (Wildman–Crippen LogP) is 3.34. The zero-order valence-corrected chi connectivity index (χ0v) is 7.49. The van der Waals surface area contributed by atoms with Crippen molar-refractivity contribution >= 4 is 0 Å². The lowest BCUT2D eigenvalue weighted by Gasteiger charge is -2.15. The van der Waals surface area contributed by atoms with Gasteiger partial charge in [-0.15, -0.1) is 0 Å². The van der Waals surface area contributed by atoms with Gasteiger partial charge < -0.3 is 0 Å². The highest BCUT2D eigenvalue weighted by Crippen LogP contribution is 2.27. The average molecular weight is 170 g/mol. The molecule has 1 aromatic rings. The van der Waals surface area contributed by atoms with Crippen LogP contribution in [0.3, 0.4) is 0 Å². The third kappa shape index (κ3) is 1.81. The molecule has 0 aliphatic carbocycles. The van der Waals surface area contributed by atoms with Gasteiger partial charge in [-0.05, 0) is 32.9 Å². The lowest BCUT2D eigenvalue weighted by atomic mass is 9.98. The highest BCUT2D eigenvalue weighted by atomic mass is 19.1. The fourth-order valence-corrected chi connectivity index (χ4v) is 1.09. The summed E-state index contributed by atoms with van der Waals surface area (Å²) < 4.78 is 26.3. The fraction of sp³-hybridized carbons (Fsp3) is 0.400. The minimum atomic E-state index is -1.60. The van der Waals surface area contributed by atoms with Gasteiger partial charge in [0.15, 0.2) is 0 Å². The summed E-state index contributed by atoms with van der Waals surface area (Å²) in [6.45, 7) is 4.52. The molecule has 0 nitrogen and oxygen atoms in total. The Bertz CT molecular complexity index is 284. The Hall–Kier alpha value is -0.920. The van der Waals surface area contributed by atoms with Crippen molar-refractivity contribution in [3.8, 4) is 0 Å². The molecule has 0 bridgehead atoms. The molecule has 0 aliphatic rings. The highest BCUT2D eigenvalue weighted by Gasteiger charge is 2.22. The van der Waals surface area contributed by atoms with Crippen LogP contribution in [0, 0.1) is 12.7 Å². The number of hydrogen-bond donors (Lipinski definition) is 0. The van der Waals surface area contributed by atoms with Crippen LogP contribution in [-0.4, -0.2) is 0 Å². The quantitative estimate of drug-likeness (QED) is 0.606. The Balaban J connectivity index is 3.23. The van der Waals surface area contributed by atoms with Crippen molar-refractivity contribution in [1.29, 1.82) is 0 Å². The van der Waals surface area contributed by atoms with E-state index in [-0.39, 0.29) is 5.56 Å². The number of aryl methyl sites for hydroxylation is 1. The van der Waals surface area contributed by atoms with Crippen LogP contribution in [0.1, 0.15) is 25.0 Å². The molecule has 0 aliphatic heterocycles. The largest absolute Gasteiger partial charge is 0.239 e. The van der Waals surface area contributed by atoms with Gasteiger partial charge in [0.2, 0.25) is 0 Å². The van der Waals surface area contributed by atoms with E-state index in [1.165, 1.54) is 26.0 Å². The molecule has 12 heavy (non-hydrogen) atoms. The molecule has 0 spiro atoms. The first-order chi connectivity index (χ1) is 5.41. The smallest absolute Gasteiger partial charge is 0.133 e. The minimum Gasteiger partial charge on any atom is -0.239 e. The second-order valence-electron chi connectivity index (χ2n) is 3.46. The van der Waals surface area contributed by atoms with E-state index in [0.717, 1.165) is 5.56 Å². The standard InChI is InChI=1S/C10H12F2/c1-7-4-5-9(11)8(6-7)10(2,3)12/h4-6H,1-3H3. The van der Waals surface area contributed by atoms with Crippen LogP contribution < -0.4 is 0 Å². The second-order valence-corrected chi connectivity index (χ2v) is 3.46. The highest BCUT2D eigenvalue weighted by molar-refractivity contribution is 5.28. The van der Waals surface area contributed by atoms with Crippen molar-refractivity contribution in [3.05, 3.63) is 35.1 Å². The fourth-order valence-electron chi connectivity index (χ4n) is 1.09. The topological polar surface area (TPSA) is 0 Å². The minimum absolute atomic E-state index is 0.127. The molecule has 2 heteroatoms. The lowest BCUT2D eigenvalue weighted by molar-refractivity contribution is 0.213. The molecule has 0 saturated carbocycles. The number of hydrogen-bond acceptors (Lipinski definition) is 0. The average Bonchev–Trinajstić information content (AvgIpc) is 1.92. The van der Waals surface area contributed by atoms with Crippen molar-refractivity contribution in [2.24, 2.45) is 0 Å². The van der Waals surface area contributed by atoms with Gasteiger partial charge in [-0.3, -0.25) is 0 Å². The molecule has 66 valence electrons.